The number of pyridine rings is 2. The number of ether oxygens (including phenoxy) is 4. The van der Waals surface area contributed by atoms with Crippen LogP contribution in [-0.2, 0) is 29.9 Å². The number of carbonyl (C=O) groups excluding carboxylic acids is 3. The summed E-state index contributed by atoms with van der Waals surface area (Å²) in [5.41, 5.74) is -0.840. The number of anilines is 1. The minimum absolute atomic E-state index is 0.0121. The van der Waals surface area contributed by atoms with Crippen LogP contribution in [0.4, 0.5) is 23.8 Å². The Labute approximate surface area is 288 Å². The lowest BCUT2D eigenvalue weighted by atomic mass is 9.99. The third-order valence-electron chi connectivity index (χ3n) is 7.21. The molecular weight excluding hydrogens is 683 g/mol. The molecule has 0 radical (unpaired) electrons. The number of thiazole rings is 1. The van der Waals surface area contributed by atoms with Gasteiger partial charge >= 0.3 is 24.1 Å². The number of amides is 2. The molecule has 3 aromatic heterocycles. The number of methoxy groups -OCH3 is 2. The van der Waals surface area contributed by atoms with Crippen molar-refractivity contribution >= 4 is 46.0 Å². The van der Waals surface area contributed by atoms with Crippen LogP contribution in [0.3, 0.4) is 0 Å². The molecular formula is C33H36F3N5O8S. The molecule has 50 heavy (non-hydrogen) atoms. The molecule has 2 N–H and O–H groups in total. The average Bonchev–Trinajstić information content (AvgIpc) is 3.58. The van der Waals surface area contributed by atoms with Crippen molar-refractivity contribution in [3.05, 3.63) is 63.5 Å². The molecule has 0 saturated heterocycles. The van der Waals surface area contributed by atoms with Crippen molar-refractivity contribution in [1.82, 2.24) is 19.9 Å². The van der Waals surface area contributed by atoms with Crippen molar-refractivity contribution in [3.8, 4) is 21.7 Å². The fourth-order valence-corrected chi connectivity index (χ4v) is 5.72. The monoisotopic (exact) mass is 719 g/mol. The lowest BCUT2D eigenvalue weighted by Crippen LogP contribution is -2.28. The third kappa shape index (κ3) is 9.02. The number of alkyl halides is 3. The van der Waals surface area contributed by atoms with Crippen LogP contribution >= 0.6 is 11.3 Å². The maximum atomic E-state index is 13.9. The molecule has 0 saturated carbocycles. The van der Waals surface area contributed by atoms with Gasteiger partial charge < -0.3 is 28.8 Å². The Morgan fingerprint density at radius 3 is 2.34 bits per heavy atom. The zero-order valence-corrected chi connectivity index (χ0v) is 28.7. The predicted octanol–water partition coefficient (Wildman–Crippen LogP) is 5.54. The highest BCUT2D eigenvalue weighted by Crippen LogP contribution is 2.39. The Bertz CT molecular complexity index is 1900. The van der Waals surface area contributed by atoms with Gasteiger partial charge in [-0.1, -0.05) is 19.9 Å². The SMILES string of the molecule is CCNC(=O)Nc1cc(-c2nc(C(F)(F)F)cs2)c(-c2ccc3c(c2)c(=O)c(C(=O)OCCOC(=O)C(C)C)cn3C(COC)COC)cn1. The van der Waals surface area contributed by atoms with Crippen LogP contribution in [0.5, 0.6) is 0 Å². The van der Waals surface area contributed by atoms with Crippen LogP contribution in [0.2, 0.25) is 0 Å². The van der Waals surface area contributed by atoms with Gasteiger partial charge in [-0.05, 0) is 30.7 Å². The number of hydrogen-bond acceptors (Lipinski definition) is 11. The van der Waals surface area contributed by atoms with Crippen LogP contribution in [0, 0.1) is 5.92 Å². The van der Waals surface area contributed by atoms with Gasteiger partial charge in [0.25, 0.3) is 0 Å². The largest absolute Gasteiger partial charge is 0.462 e. The first-order valence-corrected chi connectivity index (χ1v) is 16.3. The number of halogens is 3. The summed E-state index contributed by atoms with van der Waals surface area (Å²) in [7, 11) is 2.97. The van der Waals surface area contributed by atoms with E-state index in [2.05, 4.69) is 20.6 Å². The van der Waals surface area contributed by atoms with E-state index in [-0.39, 0.29) is 59.7 Å². The van der Waals surface area contributed by atoms with Crippen molar-refractivity contribution in [2.24, 2.45) is 5.92 Å². The molecule has 268 valence electrons. The number of fused-ring (bicyclic) bond motifs is 1. The van der Waals surface area contributed by atoms with E-state index in [0.29, 0.717) is 23.2 Å². The third-order valence-corrected chi connectivity index (χ3v) is 8.09. The van der Waals surface area contributed by atoms with E-state index in [1.54, 1.807) is 37.5 Å². The number of esters is 2. The molecule has 0 spiro atoms. The lowest BCUT2D eigenvalue weighted by Gasteiger charge is -2.23. The van der Waals surface area contributed by atoms with E-state index >= 15 is 0 Å². The molecule has 0 atom stereocenters. The van der Waals surface area contributed by atoms with E-state index in [0.717, 1.165) is 16.7 Å². The van der Waals surface area contributed by atoms with Gasteiger partial charge in [-0.15, -0.1) is 11.3 Å². The Hall–Kier alpha value is -4.87. The van der Waals surface area contributed by atoms with Gasteiger partial charge in [0, 0.05) is 55.1 Å². The molecule has 0 aliphatic carbocycles. The molecule has 1 aromatic carbocycles. The standard InChI is InChI=1S/C33H36F3N5O8S/c1-6-37-32(45)40-27-12-21(29-39-26(17-50-29)33(34,35)36)23(13-38-27)19-7-8-25-22(11-19)28(42)24(14-41(25)20(15-46-4)16-47-5)31(44)49-10-9-48-30(43)18(2)3/h7-8,11-14,17-18,20H,6,9-10,15-16H2,1-5H3,(H2,37,38,40,45). The molecule has 0 aliphatic rings. The summed E-state index contributed by atoms with van der Waals surface area (Å²) in [4.78, 5) is 59.2. The Kier molecular flexibility index (Phi) is 12.7. The van der Waals surface area contributed by atoms with Crippen molar-refractivity contribution < 1.29 is 46.5 Å². The zero-order chi connectivity index (χ0) is 36.6. The Morgan fingerprint density at radius 1 is 1.02 bits per heavy atom. The van der Waals surface area contributed by atoms with E-state index in [1.165, 1.54) is 38.7 Å². The van der Waals surface area contributed by atoms with Crippen molar-refractivity contribution in [1.29, 1.82) is 0 Å². The minimum Gasteiger partial charge on any atom is -0.462 e. The van der Waals surface area contributed by atoms with Crippen molar-refractivity contribution in [2.75, 3.05) is 52.5 Å². The number of benzene rings is 1. The highest BCUT2D eigenvalue weighted by atomic mass is 32.1. The van der Waals surface area contributed by atoms with Crippen molar-refractivity contribution in [2.45, 2.75) is 33.0 Å². The molecule has 0 bridgehead atoms. The summed E-state index contributed by atoms with van der Waals surface area (Å²) < 4.78 is 63.3. The molecule has 2 amide bonds. The second kappa shape index (κ2) is 16.7. The van der Waals surface area contributed by atoms with Gasteiger partial charge in [-0.25, -0.2) is 19.6 Å². The summed E-state index contributed by atoms with van der Waals surface area (Å²) in [6.45, 7) is 5.13. The second-order valence-electron chi connectivity index (χ2n) is 11.2. The highest BCUT2D eigenvalue weighted by Gasteiger charge is 2.34. The van der Waals surface area contributed by atoms with Gasteiger partial charge in [-0.2, -0.15) is 13.2 Å². The number of urea groups is 1. The summed E-state index contributed by atoms with van der Waals surface area (Å²) in [5, 5.41) is 6.04. The number of carbonyl (C=O) groups is 3. The average molecular weight is 720 g/mol. The predicted molar refractivity (Wildman–Crippen MR) is 179 cm³/mol. The highest BCUT2D eigenvalue weighted by molar-refractivity contribution is 7.13. The van der Waals surface area contributed by atoms with E-state index < -0.39 is 41.3 Å². The molecule has 3 heterocycles. The molecule has 13 nitrogen and oxygen atoms in total. The van der Waals surface area contributed by atoms with Crippen LogP contribution < -0.4 is 16.1 Å². The van der Waals surface area contributed by atoms with Gasteiger partial charge in [0.1, 0.15) is 29.6 Å². The first-order valence-electron chi connectivity index (χ1n) is 15.4. The van der Waals surface area contributed by atoms with E-state index in [4.69, 9.17) is 18.9 Å². The first-order chi connectivity index (χ1) is 23.8. The molecule has 0 aliphatic heterocycles. The number of hydrogen-bond donors (Lipinski definition) is 2. The number of nitrogens with zero attached hydrogens (tertiary/aromatic N) is 3. The van der Waals surface area contributed by atoms with E-state index in [9.17, 15) is 32.3 Å². The molecule has 4 aromatic rings. The number of aromatic nitrogens is 3. The van der Waals surface area contributed by atoms with Crippen molar-refractivity contribution in [3.63, 3.8) is 0 Å². The summed E-state index contributed by atoms with van der Waals surface area (Å²) >= 11 is 0.746. The summed E-state index contributed by atoms with van der Waals surface area (Å²) in [6, 6.07) is 5.08. The van der Waals surface area contributed by atoms with Gasteiger partial charge in [0.2, 0.25) is 5.43 Å². The first kappa shape index (κ1) is 37.9. The molecule has 0 unspecified atom stereocenters. The minimum atomic E-state index is -4.69. The van der Waals surface area contributed by atoms with Crippen LogP contribution in [0.15, 0.2) is 46.8 Å². The van der Waals surface area contributed by atoms with E-state index in [1.807, 2.05) is 0 Å². The summed E-state index contributed by atoms with van der Waals surface area (Å²) in [6.07, 6.45) is -2.00. The fourth-order valence-electron chi connectivity index (χ4n) is 4.86. The molecule has 4 rings (SSSR count). The maximum absolute atomic E-state index is 13.9. The van der Waals surface area contributed by atoms with Gasteiger partial charge in [0.05, 0.1) is 30.7 Å². The normalized spacial score (nSPS) is 11.6. The number of nitrogens with one attached hydrogen (secondary N) is 2. The second-order valence-corrected chi connectivity index (χ2v) is 12.0. The smallest absolute Gasteiger partial charge is 0.434 e. The van der Waals surface area contributed by atoms with Gasteiger partial charge in [0.15, 0.2) is 5.69 Å². The quantitative estimate of drug-likeness (QED) is 0.125. The zero-order valence-electron chi connectivity index (χ0n) is 27.9. The van der Waals surface area contributed by atoms with Crippen LogP contribution in [-0.4, -0.2) is 79.7 Å². The lowest BCUT2D eigenvalue weighted by molar-refractivity contribution is -0.148. The molecule has 17 heteroatoms. The van der Waals surface area contributed by atoms with Crippen LogP contribution in [0.25, 0.3) is 32.6 Å². The summed E-state index contributed by atoms with van der Waals surface area (Å²) in [5.74, 6) is -1.77. The topological polar surface area (TPSA) is 160 Å². The van der Waals surface area contributed by atoms with Crippen LogP contribution in [0.1, 0.15) is 42.9 Å². The number of rotatable bonds is 14. The maximum Gasteiger partial charge on any atom is 0.434 e. The Morgan fingerprint density at radius 2 is 1.72 bits per heavy atom. The fraction of sp³-hybridized carbons (Fsp3) is 0.394. The molecule has 0 fully saturated rings. The Balaban J connectivity index is 1.86. The van der Waals surface area contributed by atoms with Gasteiger partial charge in [-0.3, -0.25) is 14.9 Å².